The molecule has 0 saturated carbocycles. The smallest absolute Gasteiger partial charge is 0.0661 e. The zero-order chi connectivity index (χ0) is 8.81. The van der Waals surface area contributed by atoms with Gasteiger partial charge in [-0.3, -0.25) is 4.98 Å². The van der Waals surface area contributed by atoms with Crippen molar-refractivity contribution in [3.05, 3.63) is 35.1 Å². The highest BCUT2D eigenvalue weighted by Gasteiger charge is 1.92. The molecule has 1 aromatic heterocycles. The SMILES string of the molecule is OCCC=Cc1ccncc1Cl. The number of hydrogen-bond donors (Lipinski definition) is 1. The molecule has 0 fully saturated rings. The molecule has 64 valence electrons. The predicted octanol–water partition coefficient (Wildman–Crippen LogP) is 2.13. The van der Waals surface area contributed by atoms with Gasteiger partial charge >= 0.3 is 0 Å². The van der Waals surface area contributed by atoms with E-state index in [1.807, 2.05) is 18.2 Å². The van der Waals surface area contributed by atoms with Gasteiger partial charge in [-0.25, -0.2) is 0 Å². The summed E-state index contributed by atoms with van der Waals surface area (Å²) in [6.07, 6.45) is 7.69. The third-order valence-electron chi connectivity index (χ3n) is 1.40. The monoisotopic (exact) mass is 183 g/mol. The standard InChI is InChI=1S/C9H10ClNO/c10-9-7-11-5-4-8(9)3-1-2-6-12/h1,3-5,7,12H,2,6H2. The summed E-state index contributed by atoms with van der Waals surface area (Å²) in [7, 11) is 0. The van der Waals surface area contributed by atoms with Gasteiger partial charge in [-0.2, -0.15) is 0 Å². The van der Waals surface area contributed by atoms with Crippen LogP contribution >= 0.6 is 11.6 Å². The molecule has 0 aliphatic rings. The van der Waals surface area contributed by atoms with Gasteiger partial charge < -0.3 is 5.11 Å². The molecule has 0 radical (unpaired) electrons. The maximum atomic E-state index is 8.52. The van der Waals surface area contributed by atoms with Gasteiger partial charge in [-0.05, 0) is 18.1 Å². The Morgan fingerprint density at radius 3 is 3.08 bits per heavy atom. The Morgan fingerprint density at radius 2 is 2.42 bits per heavy atom. The lowest BCUT2D eigenvalue weighted by Crippen LogP contribution is -1.78. The van der Waals surface area contributed by atoms with Crippen LogP contribution in [0.25, 0.3) is 6.08 Å². The lowest BCUT2D eigenvalue weighted by atomic mass is 10.2. The normalized spacial score (nSPS) is 10.8. The van der Waals surface area contributed by atoms with E-state index in [0.717, 1.165) is 5.56 Å². The molecule has 1 rings (SSSR count). The van der Waals surface area contributed by atoms with Crippen LogP contribution < -0.4 is 0 Å². The van der Waals surface area contributed by atoms with E-state index in [1.165, 1.54) is 0 Å². The van der Waals surface area contributed by atoms with Crippen LogP contribution in [0.3, 0.4) is 0 Å². The second-order valence-corrected chi connectivity index (χ2v) is 2.72. The molecule has 0 aliphatic carbocycles. The third-order valence-corrected chi connectivity index (χ3v) is 1.71. The number of halogens is 1. The van der Waals surface area contributed by atoms with E-state index in [2.05, 4.69) is 4.98 Å². The van der Waals surface area contributed by atoms with Crippen LogP contribution in [0.1, 0.15) is 12.0 Å². The molecule has 0 saturated heterocycles. The number of pyridine rings is 1. The molecule has 0 bridgehead atoms. The highest BCUT2D eigenvalue weighted by molar-refractivity contribution is 6.31. The third kappa shape index (κ3) is 2.64. The summed E-state index contributed by atoms with van der Waals surface area (Å²) >= 11 is 5.83. The second kappa shape index (κ2) is 4.91. The van der Waals surface area contributed by atoms with Gasteiger partial charge in [0.05, 0.1) is 5.02 Å². The van der Waals surface area contributed by atoms with Gasteiger partial charge in [-0.1, -0.05) is 23.8 Å². The fourth-order valence-electron chi connectivity index (χ4n) is 0.806. The minimum Gasteiger partial charge on any atom is -0.396 e. The van der Waals surface area contributed by atoms with Crippen molar-refractivity contribution in [1.29, 1.82) is 0 Å². The Kier molecular flexibility index (Phi) is 3.77. The first-order valence-corrected chi connectivity index (χ1v) is 4.09. The average Bonchev–Trinajstić information content (AvgIpc) is 2.09. The summed E-state index contributed by atoms with van der Waals surface area (Å²) < 4.78 is 0. The van der Waals surface area contributed by atoms with Crippen LogP contribution in [0, 0.1) is 0 Å². The Hall–Kier alpha value is -0.860. The Balaban J connectivity index is 2.68. The van der Waals surface area contributed by atoms with E-state index < -0.39 is 0 Å². The van der Waals surface area contributed by atoms with Crippen molar-refractivity contribution >= 4 is 17.7 Å². The summed E-state index contributed by atoms with van der Waals surface area (Å²) in [4.78, 5) is 3.86. The minimum absolute atomic E-state index is 0.166. The highest BCUT2D eigenvalue weighted by atomic mass is 35.5. The van der Waals surface area contributed by atoms with Crippen molar-refractivity contribution in [3.63, 3.8) is 0 Å². The summed E-state index contributed by atoms with van der Waals surface area (Å²) in [6, 6.07) is 1.83. The fraction of sp³-hybridized carbons (Fsp3) is 0.222. The van der Waals surface area contributed by atoms with Crippen molar-refractivity contribution in [3.8, 4) is 0 Å². The van der Waals surface area contributed by atoms with Crippen molar-refractivity contribution in [2.24, 2.45) is 0 Å². The maximum Gasteiger partial charge on any atom is 0.0661 e. The topological polar surface area (TPSA) is 33.1 Å². The largest absolute Gasteiger partial charge is 0.396 e. The zero-order valence-electron chi connectivity index (χ0n) is 6.57. The Bertz CT molecular complexity index is 273. The van der Waals surface area contributed by atoms with Gasteiger partial charge in [0.1, 0.15) is 0 Å². The summed E-state index contributed by atoms with van der Waals surface area (Å²) in [5.41, 5.74) is 0.931. The van der Waals surface area contributed by atoms with E-state index in [1.54, 1.807) is 12.4 Å². The van der Waals surface area contributed by atoms with E-state index in [4.69, 9.17) is 16.7 Å². The molecule has 2 nitrogen and oxygen atoms in total. The van der Waals surface area contributed by atoms with Crippen molar-refractivity contribution in [2.75, 3.05) is 6.61 Å². The van der Waals surface area contributed by atoms with E-state index in [0.29, 0.717) is 11.4 Å². The quantitative estimate of drug-likeness (QED) is 0.779. The van der Waals surface area contributed by atoms with Crippen LogP contribution in [0.2, 0.25) is 5.02 Å². The van der Waals surface area contributed by atoms with Gasteiger partial charge in [0.25, 0.3) is 0 Å². The Labute approximate surface area is 76.5 Å². The van der Waals surface area contributed by atoms with Crippen molar-refractivity contribution < 1.29 is 5.11 Å². The molecule has 1 heterocycles. The molecule has 1 aromatic rings. The summed E-state index contributed by atoms with van der Waals surface area (Å²) in [5.74, 6) is 0. The molecule has 12 heavy (non-hydrogen) atoms. The van der Waals surface area contributed by atoms with Crippen LogP contribution in [0.4, 0.5) is 0 Å². The molecule has 0 aromatic carbocycles. The minimum atomic E-state index is 0.166. The number of aliphatic hydroxyl groups excluding tert-OH is 1. The molecule has 0 atom stereocenters. The molecular formula is C9H10ClNO. The highest BCUT2D eigenvalue weighted by Crippen LogP contribution is 2.14. The molecule has 0 aliphatic heterocycles. The maximum absolute atomic E-state index is 8.52. The molecule has 1 N–H and O–H groups in total. The van der Waals surface area contributed by atoms with Gasteiger partial charge in [0, 0.05) is 19.0 Å². The molecule has 3 heteroatoms. The number of hydrogen-bond acceptors (Lipinski definition) is 2. The Morgan fingerprint density at radius 1 is 1.58 bits per heavy atom. The van der Waals surface area contributed by atoms with E-state index in [-0.39, 0.29) is 6.61 Å². The van der Waals surface area contributed by atoms with Crippen LogP contribution in [0.15, 0.2) is 24.5 Å². The van der Waals surface area contributed by atoms with E-state index >= 15 is 0 Å². The van der Waals surface area contributed by atoms with Gasteiger partial charge in [-0.15, -0.1) is 0 Å². The zero-order valence-corrected chi connectivity index (χ0v) is 7.33. The molecule has 0 unspecified atom stereocenters. The second-order valence-electron chi connectivity index (χ2n) is 2.31. The summed E-state index contributed by atoms with van der Waals surface area (Å²) in [6.45, 7) is 0.166. The number of rotatable bonds is 3. The van der Waals surface area contributed by atoms with Gasteiger partial charge in [0.2, 0.25) is 0 Å². The predicted molar refractivity (Wildman–Crippen MR) is 50.0 cm³/mol. The first-order valence-electron chi connectivity index (χ1n) is 3.71. The molecule has 0 amide bonds. The van der Waals surface area contributed by atoms with Gasteiger partial charge in [0.15, 0.2) is 0 Å². The number of nitrogens with zero attached hydrogens (tertiary/aromatic N) is 1. The number of aliphatic hydroxyl groups is 1. The van der Waals surface area contributed by atoms with Crippen LogP contribution in [0.5, 0.6) is 0 Å². The van der Waals surface area contributed by atoms with Crippen molar-refractivity contribution in [2.45, 2.75) is 6.42 Å². The van der Waals surface area contributed by atoms with Crippen molar-refractivity contribution in [1.82, 2.24) is 4.98 Å². The average molecular weight is 184 g/mol. The molecule has 0 spiro atoms. The first kappa shape index (κ1) is 9.23. The lowest BCUT2D eigenvalue weighted by Gasteiger charge is -1.94. The van der Waals surface area contributed by atoms with E-state index in [9.17, 15) is 0 Å². The van der Waals surface area contributed by atoms with Crippen LogP contribution in [-0.4, -0.2) is 16.7 Å². The number of aromatic nitrogens is 1. The fourth-order valence-corrected chi connectivity index (χ4v) is 0.988. The summed E-state index contributed by atoms with van der Waals surface area (Å²) in [5, 5.41) is 9.15. The van der Waals surface area contributed by atoms with Crippen LogP contribution in [-0.2, 0) is 0 Å². The molecular weight excluding hydrogens is 174 g/mol. The first-order chi connectivity index (χ1) is 5.84. The lowest BCUT2D eigenvalue weighted by molar-refractivity contribution is 0.303.